The number of rotatable bonds is 8. The molecular weight excluding hydrogens is 683 g/mol. The number of phenolic OH excluding ortho intramolecular Hbond substituents is 1. The molecule has 3 aliphatic rings. The van der Waals surface area contributed by atoms with Crippen molar-refractivity contribution in [2.24, 2.45) is 4.99 Å². The standard InChI is InChI=1S/C52H49N3O/c1-6-55(40-17-12-18-41(56)33-40)39-16-11-13-34(31-39)32-44-37(25-29-47-51(2,3)49-42-19-9-7-14-35(42)23-27-45(49)53-47)21-22-38(44)26-30-48-52(4,5)50-43-20-10-8-15-36(43)24-28-46(50)54-48/h7-20,23-31,33,53,56H,6,21-22,32H2,1-5H3/b30-26+,37-25+,47-29+. The van der Waals surface area contributed by atoms with E-state index in [1.165, 1.54) is 66.3 Å². The van der Waals surface area contributed by atoms with Crippen LogP contribution < -0.4 is 10.2 Å². The number of fused-ring (bicyclic) bond motifs is 6. The van der Waals surface area contributed by atoms with E-state index in [9.17, 15) is 5.11 Å². The van der Waals surface area contributed by atoms with Gasteiger partial charge < -0.3 is 15.3 Å². The molecule has 0 saturated carbocycles. The average molecular weight is 732 g/mol. The highest BCUT2D eigenvalue weighted by atomic mass is 16.3. The quantitative estimate of drug-likeness (QED) is 0.164. The highest BCUT2D eigenvalue weighted by molar-refractivity contribution is 6.12. The summed E-state index contributed by atoms with van der Waals surface area (Å²) in [6.45, 7) is 12.2. The molecule has 0 atom stereocenters. The Hall–Kier alpha value is -6.13. The van der Waals surface area contributed by atoms with Gasteiger partial charge in [-0.3, -0.25) is 4.99 Å². The molecule has 0 radical (unpaired) electrons. The molecule has 0 aromatic heterocycles. The van der Waals surface area contributed by atoms with Crippen molar-refractivity contribution in [3.63, 3.8) is 0 Å². The van der Waals surface area contributed by atoms with Gasteiger partial charge in [0.1, 0.15) is 5.75 Å². The molecule has 0 saturated heterocycles. The van der Waals surface area contributed by atoms with Crippen molar-refractivity contribution in [3.8, 4) is 5.75 Å². The van der Waals surface area contributed by atoms with Gasteiger partial charge in [0.25, 0.3) is 0 Å². The number of anilines is 3. The molecule has 278 valence electrons. The maximum atomic E-state index is 10.3. The third kappa shape index (κ3) is 6.14. The smallest absolute Gasteiger partial charge is 0.117 e. The second-order valence-electron chi connectivity index (χ2n) is 16.5. The summed E-state index contributed by atoms with van der Waals surface area (Å²) in [6, 6.07) is 42.6. The van der Waals surface area contributed by atoms with E-state index in [1.54, 1.807) is 6.07 Å². The number of nitrogens with one attached hydrogen (secondary N) is 1. The number of allylic oxidation sites excluding steroid dienone is 8. The normalized spacial score (nSPS) is 18.3. The molecule has 1 aliphatic carbocycles. The number of aromatic hydroxyl groups is 1. The molecule has 0 fully saturated rings. The van der Waals surface area contributed by atoms with Gasteiger partial charge in [0.15, 0.2) is 0 Å². The molecule has 0 bridgehead atoms. The minimum absolute atomic E-state index is 0.159. The van der Waals surface area contributed by atoms with E-state index in [0.717, 1.165) is 48.6 Å². The summed E-state index contributed by atoms with van der Waals surface area (Å²) >= 11 is 0. The maximum Gasteiger partial charge on any atom is 0.117 e. The highest BCUT2D eigenvalue weighted by Crippen LogP contribution is 2.48. The fourth-order valence-corrected chi connectivity index (χ4v) is 9.34. The number of nitrogens with zero attached hydrogens (tertiary/aromatic N) is 2. The van der Waals surface area contributed by atoms with Gasteiger partial charge in [0.2, 0.25) is 0 Å². The highest BCUT2D eigenvalue weighted by Gasteiger charge is 2.37. The van der Waals surface area contributed by atoms with Crippen molar-refractivity contribution in [2.45, 2.75) is 64.7 Å². The van der Waals surface area contributed by atoms with Crippen molar-refractivity contribution >= 4 is 50.0 Å². The summed E-state index contributed by atoms with van der Waals surface area (Å²) in [5.74, 6) is 0.274. The molecule has 6 aromatic rings. The Bertz CT molecular complexity index is 2700. The molecule has 0 unspecified atom stereocenters. The molecular formula is C52H49N3O. The molecule has 0 amide bonds. The zero-order valence-corrected chi connectivity index (χ0v) is 33.0. The van der Waals surface area contributed by atoms with Gasteiger partial charge in [-0.25, -0.2) is 0 Å². The third-order valence-electron chi connectivity index (χ3n) is 12.3. The SMILES string of the molecule is CCN(c1cccc(O)c1)c1cccc(CC2=C(/C=C/C3=Nc4ccc5ccccc5c4C3(C)C)CC/C2=C\C=C2\Nc3ccc4ccccc4c3C2(C)C)c1. The van der Waals surface area contributed by atoms with E-state index in [-0.39, 0.29) is 16.6 Å². The second-order valence-corrected chi connectivity index (χ2v) is 16.5. The molecule has 2 heterocycles. The first-order valence-electron chi connectivity index (χ1n) is 20.0. The zero-order chi connectivity index (χ0) is 38.6. The lowest BCUT2D eigenvalue weighted by Crippen LogP contribution is -2.24. The summed E-state index contributed by atoms with van der Waals surface area (Å²) in [7, 11) is 0. The minimum Gasteiger partial charge on any atom is -0.508 e. The first kappa shape index (κ1) is 35.6. The van der Waals surface area contributed by atoms with Crippen LogP contribution in [0.2, 0.25) is 0 Å². The summed E-state index contributed by atoms with van der Waals surface area (Å²) in [6.07, 6.45) is 12.1. The lowest BCUT2D eigenvalue weighted by molar-refractivity contribution is 0.475. The van der Waals surface area contributed by atoms with Crippen LogP contribution in [0.3, 0.4) is 0 Å². The van der Waals surface area contributed by atoms with E-state index >= 15 is 0 Å². The maximum absolute atomic E-state index is 10.3. The molecule has 4 nitrogen and oxygen atoms in total. The van der Waals surface area contributed by atoms with Gasteiger partial charge in [0, 0.05) is 46.2 Å². The van der Waals surface area contributed by atoms with Crippen molar-refractivity contribution < 1.29 is 5.11 Å². The fraction of sp³-hybridized carbons (Fsp3) is 0.212. The van der Waals surface area contributed by atoms with Gasteiger partial charge in [-0.1, -0.05) is 119 Å². The van der Waals surface area contributed by atoms with E-state index in [0.29, 0.717) is 0 Å². The van der Waals surface area contributed by atoms with E-state index in [4.69, 9.17) is 4.99 Å². The van der Waals surface area contributed by atoms with Crippen LogP contribution in [-0.2, 0) is 17.3 Å². The van der Waals surface area contributed by atoms with E-state index in [1.807, 2.05) is 12.1 Å². The largest absolute Gasteiger partial charge is 0.508 e. The number of benzene rings is 6. The summed E-state index contributed by atoms with van der Waals surface area (Å²) in [5, 5.41) is 19.2. The molecule has 2 N–H and O–H groups in total. The van der Waals surface area contributed by atoms with Crippen LogP contribution >= 0.6 is 0 Å². The number of phenols is 1. The van der Waals surface area contributed by atoms with E-state index < -0.39 is 0 Å². The Morgan fingerprint density at radius 1 is 0.696 bits per heavy atom. The van der Waals surface area contributed by atoms with Crippen molar-refractivity contribution in [1.82, 2.24) is 0 Å². The number of aliphatic imine (C=N–C) groups is 1. The average Bonchev–Trinajstić information content (AvgIpc) is 3.80. The Morgan fingerprint density at radius 3 is 2.14 bits per heavy atom. The summed E-state index contributed by atoms with van der Waals surface area (Å²) < 4.78 is 0. The van der Waals surface area contributed by atoms with Crippen LogP contribution in [0.5, 0.6) is 5.75 Å². The first-order chi connectivity index (χ1) is 27.1. The summed E-state index contributed by atoms with van der Waals surface area (Å²) in [5.41, 5.74) is 14.4. The van der Waals surface area contributed by atoms with Crippen molar-refractivity contribution in [2.75, 3.05) is 16.8 Å². The zero-order valence-electron chi connectivity index (χ0n) is 33.0. The van der Waals surface area contributed by atoms with Crippen LogP contribution in [0.15, 0.2) is 173 Å². The minimum atomic E-state index is -0.210. The Kier molecular flexibility index (Phi) is 8.81. The predicted octanol–water partition coefficient (Wildman–Crippen LogP) is 13.3. The number of hydrogen-bond donors (Lipinski definition) is 2. The molecule has 4 heteroatoms. The monoisotopic (exact) mass is 731 g/mol. The van der Waals surface area contributed by atoms with E-state index in [2.05, 4.69) is 172 Å². The lowest BCUT2D eigenvalue weighted by Gasteiger charge is -2.24. The van der Waals surface area contributed by atoms with Gasteiger partial charge >= 0.3 is 0 Å². The van der Waals surface area contributed by atoms with Crippen LogP contribution in [-0.4, -0.2) is 17.4 Å². The van der Waals surface area contributed by atoms with Gasteiger partial charge in [0.05, 0.1) is 11.4 Å². The molecule has 0 spiro atoms. The molecule has 6 aromatic carbocycles. The lowest BCUT2D eigenvalue weighted by atomic mass is 9.79. The first-order valence-corrected chi connectivity index (χ1v) is 20.0. The van der Waals surface area contributed by atoms with Gasteiger partial charge in [-0.2, -0.15) is 0 Å². The van der Waals surface area contributed by atoms with Crippen molar-refractivity contribution in [1.29, 1.82) is 0 Å². The molecule has 2 aliphatic heterocycles. The number of hydrogen-bond acceptors (Lipinski definition) is 4. The fourth-order valence-electron chi connectivity index (χ4n) is 9.34. The second kappa shape index (κ2) is 13.9. The molecule has 56 heavy (non-hydrogen) atoms. The van der Waals surface area contributed by atoms with Crippen LogP contribution in [0, 0.1) is 0 Å². The topological polar surface area (TPSA) is 47.9 Å². The third-order valence-corrected chi connectivity index (χ3v) is 12.3. The van der Waals surface area contributed by atoms with Crippen LogP contribution in [0.25, 0.3) is 21.5 Å². The Morgan fingerprint density at radius 2 is 1.39 bits per heavy atom. The summed E-state index contributed by atoms with van der Waals surface area (Å²) in [4.78, 5) is 7.47. The van der Waals surface area contributed by atoms with Gasteiger partial charge in [-0.15, -0.1) is 0 Å². The predicted molar refractivity (Wildman–Crippen MR) is 237 cm³/mol. The Balaban J connectivity index is 1.09. The van der Waals surface area contributed by atoms with Gasteiger partial charge in [-0.05, 0) is 130 Å². The Labute approximate surface area is 330 Å². The molecule has 9 rings (SSSR count). The van der Waals surface area contributed by atoms with Crippen molar-refractivity contribution in [3.05, 3.63) is 185 Å². The van der Waals surface area contributed by atoms with Crippen LogP contribution in [0.4, 0.5) is 22.7 Å². The van der Waals surface area contributed by atoms with Crippen LogP contribution in [0.1, 0.15) is 64.2 Å².